The summed E-state index contributed by atoms with van der Waals surface area (Å²) >= 11 is 33.8. The molecule has 0 radical (unpaired) electrons. The molecule has 1 atom stereocenters. The van der Waals surface area contributed by atoms with E-state index in [2.05, 4.69) is 103 Å². The summed E-state index contributed by atoms with van der Waals surface area (Å²) in [5, 5.41) is 0. The van der Waals surface area contributed by atoms with Crippen molar-refractivity contribution in [1.82, 2.24) is 0 Å². The fourth-order valence-corrected chi connectivity index (χ4v) is 6.16. The average Bonchev–Trinajstić information content (AvgIpc) is 2.31. The quantitative estimate of drug-likeness (QED) is 0.157. The van der Waals surface area contributed by atoms with Gasteiger partial charge >= 0.3 is 0 Å². The van der Waals surface area contributed by atoms with Gasteiger partial charge in [0.2, 0.25) is 0 Å². The topological polar surface area (TPSA) is 0 Å². The molecular weight excluding hydrogens is 694 g/mol. The summed E-state index contributed by atoms with van der Waals surface area (Å²) in [5.41, 5.74) is 0. The molecule has 0 aromatic carbocycles. The Morgan fingerprint density at radius 3 is 1.75 bits per heavy atom. The zero-order chi connectivity index (χ0) is 16.0. The Labute approximate surface area is 183 Å². The molecule has 0 nitrogen and oxygen atoms in total. The number of alkyl halides is 8. The van der Waals surface area contributed by atoms with E-state index in [1.54, 1.807) is 0 Å². The first-order valence-corrected chi connectivity index (χ1v) is 12.1. The molecule has 0 aromatic heterocycles. The fraction of sp³-hybridized carbons (Fsp3) is 1.00. The Balaban J connectivity index is 4.35. The minimum atomic E-state index is -1.18. The molecule has 0 spiro atoms. The third-order valence-corrected chi connectivity index (χ3v) is 15.4. The molecule has 1 unspecified atom stereocenters. The van der Waals surface area contributed by atoms with E-state index in [9.17, 15) is 0 Å². The van der Waals surface area contributed by atoms with Crippen LogP contribution >= 0.6 is 119 Å². The van der Waals surface area contributed by atoms with Gasteiger partial charge in [0.15, 0.2) is 3.24 Å². The molecule has 0 saturated carbocycles. The second-order valence-electron chi connectivity index (χ2n) is 4.72. The molecule has 0 aliphatic heterocycles. The first kappa shape index (κ1) is 23.5. The average molecular weight is 713 g/mol. The molecule has 0 saturated heterocycles. The number of unbranched alkanes of at least 4 members (excludes halogenated alkanes) is 5. The summed E-state index contributed by atoms with van der Waals surface area (Å²) in [6.07, 6.45) is 8.65. The van der Waals surface area contributed by atoms with Gasteiger partial charge in [0.05, 0.1) is 0 Å². The Morgan fingerprint density at radius 2 is 1.30 bits per heavy atom. The van der Waals surface area contributed by atoms with Gasteiger partial charge in [-0.15, -0.1) is 0 Å². The van der Waals surface area contributed by atoms with Gasteiger partial charge in [0, 0.05) is 4.83 Å². The third kappa shape index (κ3) is 7.14. The zero-order valence-corrected chi connectivity index (χ0v) is 22.1. The third-order valence-electron chi connectivity index (χ3n) is 2.98. The lowest BCUT2D eigenvalue weighted by Crippen LogP contribution is -2.50. The first-order valence-electron chi connectivity index (χ1n) is 6.45. The molecule has 0 rings (SSSR count). The van der Waals surface area contributed by atoms with Gasteiger partial charge in [0.25, 0.3) is 0 Å². The minimum absolute atomic E-state index is 0.148. The predicted molar refractivity (Wildman–Crippen MR) is 115 cm³/mol. The van der Waals surface area contributed by atoms with Crippen LogP contribution < -0.4 is 0 Å². The van der Waals surface area contributed by atoms with Crippen LogP contribution in [-0.2, 0) is 0 Å². The van der Waals surface area contributed by atoms with Crippen LogP contribution in [0.5, 0.6) is 0 Å². The van der Waals surface area contributed by atoms with E-state index in [0.717, 1.165) is 12.8 Å². The number of halogens is 8. The Morgan fingerprint density at radius 1 is 0.850 bits per heavy atom. The van der Waals surface area contributed by atoms with Gasteiger partial charge in [-0.3, -0.25) is 0 Å². The van der Waals surface area contributed by atoms with E-state index >= 15 is 0 Å². The summed E-state index contributed by atoms with van der Waals surface area (Å²) in [6, 6.07) is 0. The smallest absolute Gasteiger partial charge is 0.0865 e. The fourth-order valence-electron chi connectivity index (χ4n) is 1.67. The van der Waals surface area contributed by atoms with Crippen molar-refractivity contribution in [2.24, 2.45) is 0 Å². The summed E-state index contributed by atoms with van der Waals surface area (Å²) < 4.78 is -2.52. The number of rotatable bonds is 10. The molecule has 20 heavy (non-hydrogen) atoms. The molecule has 0 bridgehead atoms. The van der Waals surface area contributed by atoms with E-state index in [0.29, 0.717) is 0 Å². The van der Waals surface area contributed by atoms with Crippen LogP contribution in [0.1, 0.15) is 51.9 Å². The van der Waals surface area contributed by atoms with Gasteiger partial charge in [-0.1, -0.05) is 148 Å². The van der Waals surface area contributed by atoms with Gasteiger partial charge in [-0.05, 0) is 22.4 Å². The molecule has 0 fully saturated rings. The van der Waals surface area contributed by atoms with E-state index in [1.165, 1.54) is 32.1 Å². The van der Waals surface area contributed by atoms with E-state index in [-0.39, 0.29) is 4.83 Å². The first-order chi connectivity index (χ1) is 8.98. The van der Waals surface area contributed by atoms with Crippen molar-refractivity contribution in [1.29, 1.82) is 0 Å². The van der Waals surface area contributed by atoms with Crippen molar-refractivity contribution >= 4 is 119 Å². The maximum Gasteiger partial charge on any atom is 0.199 e. The van der Waals surface area contributed by atoms with Gasteiger partial charge in [0.1, 0.15) is 6.47 Å². The van der Waals surface area contributed by atoms with Crippen LogP contribution in [0.4, 0.5) is 0 Å². The molecule has 0 aromatic rings. The largest absolute Gasteiger partial charge is 0.199 e. The highest BCUT2D eigenvalue weighted by molar-refractivity contribution is 9.31. The summed E-state index contributed by atoms with van der Waals surface area (Å²) in [5.74, 6) is 0. The van der Waals surface area contributed by atoms with Crippen LogP contribution in [0.15, 0.2) is 0 Å². The lowest BCUT2D eigenvalue weighted by Gasteiger charge is -2.42. The minimum Gasteiger partial charge on any atom is -0.0865 e. The van der Waals surface area contributed by atoms with E-state index in [4.69, 9.17) is 23.2 Å². The van der Waals surface area contributed by atoms with E-state index in [1.807, 2.05) is 0 Å². The summed E-state index contributed by atoms with van der Waals surface area (Å²) in [7, 11) is 0. The molecule has 0 N–H and O–H groups in total. The van der Waals surface area contributed by atoms with Gasteiger partial charge in [-0.25, -0.2) is 0 Å². The Hall–Kier alpha value is 3.46. The standard InChI is InChI=1S/C12H18Br6Cl2/c1-2-3-4-5-6-7-8-9(13)10(14,15)11(16,17)12(18,19)20/h9H,2-8H2,1H3. The summed E-state index contributed by atoms with van der Waals surface area (Å²) in [4.78, 5) is 0.148. The zero-order valence-electron chi connectivity index (χ0n) is 11.1. The Bertz CT molecular complexity index is 278. The highest BCUT2D eigenvalue weighted by Crippen LogP contribution is 2.63. The monoisotopic (exact) mass is 706 g/mol. The van der Waals surface area contributed by atoms with Crippen molar-refractivity contribution in [2.45, 2.75) is 66.4 Å². The second-order valence-corrected chi connectivity index (χ2v) is 16.3. The van der Waals surface area contributed by atoms with E-state index < -0.39 is 9.71 Å². The predicted octanol–water partition coefficient (Wildman–Crippen LogP) is 9.00. The Kier molecular flexibility index (Phi) is 12.3. The second kappa shape index (κ2) is 10.5. The molecule has 0 aliphatic rings. The summed E-state index contributed by atoms with van der Waals surface area (Å²) in [6.45, 7) is 2.23. The molecular formula is C12H18Br6Cl2. The van der Waals surface area contributed by atoms with Gasteiger partial charge < -0.3 is 0 Å². The van der Waals surface area contributed by atoms with Crippen molar-refractivity contribution in [3.63, 3.8) is 0 Å². The highest BCUT2D eigenvalue weighted by Gasteiger charge is 2.59. The lowest BCUT2D eigenvalue weighted by atomic mass is 10.1. The van der Waals surface area contributed by atoms with Crippen molar-refractivity contribution in [3.8, 4) is 0 Å². The lowest BCUT2D eigenvalue weighted by molar-refractivity contribution is 0.568. The molecule has 122 valence electrons. The maximum atomic E-state index is 6.18. The van der Waals surface area contributed by atoms with Crippen LogP contribution in [0, 0.1) is 0 Å². The van der Waals surface area contributed by atoms with Crippen LogP contribution in [0.3, 0.4) is 0 Å². The molecule has 0 aliphatic carbocycles. The molecule has 0 amide bonds. The normalized spacial score (nSPS) is 15.4. The highest BCUT2D eigenvalue weighted by atomic mass is 79.9. The molecule has 0 heterocycles. The van der Waals surface area contributed by atoms with Crippen LogP contribution in [0.2, 0.25) is 0 Å². The number of hydrogen-bond acceptors (Lipinski definition) is 0. The number of hydrogen-bond donors (Lipinski definition) is 0. The van der Waals surface area contributed by atoms with Crippen LogP contribution in [0.25, 0.3) is 0 Å². The molecule has 8 heteroatoms. The van der Waals surface area contributed by atoms with Crippen LogP contribution in [-0.4, -0.2) is 14.5 Å². The maximum absolute atomic E-state index is 6.18. The van der Waals surface area contributed by atoms with Crippen molar-refractivity contribution in [2.75, 3.05) is 0 Å². The van der Waals surface area contributed by atoms with Gasteiger partial charge in [-0.2, -0.15) is 0 Å². The SMILES string of the molecule is CCCCCCCCC(Br)C(Br)(Br)C(Br)(Br)C(Cl)(Cl)Br. The van der Waals surface area contributed by atoms with Crippen molar-refractivity contribution in [3.05, 3.63) is 0 Å². The van der Waals surface area contributed by atoms with Crippen molar-refractivity contribution < 1.29 is 0 Å².